The van der Waals surface area contributed by atoms with Crippen molar-refractivity contribution in [3.05, 3.63) is 58.3 Å². The number of amidine groups is 1. The largest absolute Gasteiger partial charge is 0.384 e. The van der Waals surface area contributed by atoms with Gasteiger partial charge in [0.25, 0.3) is 5.91 Å². The summed E-state index contributed by atoms with van der Waals surface area (Å²) in [5, 5.41) is 6.44. The van der Waals surface area contributed by atoms with Crippen molar-refractivity contribution in [2.24, 2.45) is 10.9 Å². The third kappa shape index (κ3) is 4.56. The summed E-state index contributed by atoms with van der Waals surface area (Å²) in [5.41, 5.74) is 8.02. The van der Waals surface area contributed by atoms with Crippen molar-refractivity contribution in [1.29, 1.82) is 0 Å². The molecule has 1 aromatic heterocycles. The van der Waals surface area contributed by atoms with Gasteiger partial charge in [-0.05, 0) is 42.8 Å². The molecule has 2 aromatic rings. The Kier molecular flexibility index (Phi) is 5.48. The maximum atomic E-state index is 11.8. The van der Waals surface area contributed by atoms with Gasteiger partial charge < -0.3 is 15.9 Å². The zero-order chi connectivity index (χ0) is 15.9. The molecule has 6 nitrogen and oxygen atoms in total. The molecule has 0 aliphatic heterocycles. The minimum Gasteiger partial charge on any atom is -0.384 e. The zero-order valence-corrected chi connectivity index (χ0v) is 13.5. The van der Waals surface area contributed by atoms with Crippen molar-refractivity contribution in [1.82, 2.24) is 4.98 Å². The van der Waals surface area contributed by atoms with Gasteiger partial charge in [-0.25, -0.2) is 0 Å². The summed E-state index contributed by atoms with van der Waals surface area (Å²) in [4.78, 5) is 20.7. The van der Waals surface area contributed by atoms with E-state index < -0.39 is 0 Å². The van der Waals surface area contributed by atoms with Crippen LogP contribution in [0.4, 0.5) is 5.69 Å². The van der Waals surface area contributed by atoms with Crippen LogP contribution in [0.15, 0.2) is 52.4 Å². The first kappa shape index (κ1) is 16.0. The van der Waals surface area contributed by atoms with E-state index in [4.69, 9.17) is 10.6 Å². The SMILES string of the molecule is Cc1cc(Br)ccc1NC(=O)CON=C(N)c1cccnc1. The molecule has 0 aliphatic rings. The van der Waals surface area contributed by atoms with Crippen molar-refractivity contribution in [2.75, 3.05) is 11.9 Å². The van der Waals surface area contributed by atoms with E-state index in [0.29, 0.717) is 5.56 Å². The maximum absolute atomic E-state index is 11.8. The first-order valence-electron chi connectivity index (χ1n) is 6.48. The lowest BCUT2D eigenvalue weighted by Crippen LogP contribution is -2.19. The summed E-state index contributed by atoms with van der Waals surface area (Å²) in [6, 6.07) is 9.06. The highest BCUT2D eigenvalue weighted by Crippen LogP contribution is 2.19. The van der Waals surface area contributed by atoms with Gasteiger partial charge in [0.05, 0.1) is 0 Å². The molecule has 2 rings (SSSR count). The summed E-state index contributed by atoms with van der Waals surface area (Å²) >= 11 is 3.37. The molecular weight excluding hydrogens is 348 g/mol. The van der Waals surface area contributed by atoms with Gasteiger partial charge in [-0.1, -0.05) is 21.1 Å². The molecule has 0 radical (unpaired) electrons. The molecule has 0 saturated carbocycles. The van der Waals surface area contributed by atoms with Gasteiger partial charge in [0.2, 0.25) is 0 Å². The fourth-order valence-electron chi connectivity index (χ4n) is 1.68. The van der Waals surface area contributed by atoms with E-state index in [-0.39, 0.29) is 18.3 Å². The van der Waals surface area contributed by atoms with Crippen LogP contribution in [0.5, 0.6) is 0 Å². The van der Waals surface area contributed by atoms with Crippen molar-refractivity contribution in [3.8, 4) is 0 Å². The number of nitrogens with one attached hydrogen (secondary N) is 1. The summed E-state index contributed by atoms with van der Waals surface area (Å²) in [5.74, 6) is -0.145. The lowest BCUT2D eigenvalue weighted by molar-refractivity contribution is -0.120. The summed E-state index contributed by atoms with van der Waals surface area (Å²) in [6.45, 7) is 1.68. The number of halogens is 1. The third-order valence-electron chi connectivity index (χ3n) is 2.78. The lowest BCUT2D eigenvalue weighted by Gasteiger charge is -2.08. The predicted octanol–water partition coefficient (Wildman–Crippen LogP) is 2.43. The Morgan fingerprint density at radius 2 is 2.27 bits per heavy atom. The number of benzene rings is 1. The number of hydrogen-bond donors (Lipinski definition) is 2. The number of carbonyl (C=O) groups excluding carboxylic acids is 1. The Labute approximate surface area is 136 Å². The first-order valence-corrected chi connectivity index (χ1v) is 7.27. The number of nitrogens with zero attached hydrogens (tertiary/aromatic N) is 2. The summed E-state index contributed by atoms with van der Waals surface area (Å²) in [6.07, 6.45) is 3.19. The minimum absolute atomic E-state index is 0.167. The van der Waals surface area contributed by atoms with Gasteiger partial charge in [-0.2, -0.15) is 0 Å². The monoisotopic (exact) mass is 362 g/mol. The molecule has 0 aliphatic carbocycles. The second-order valence-electron chi connectivity index (χ2n) is 4.50. The van der Waals surface area contributed by atoms with E-state index in [1.54, 1.807) is 24.5 Å². The van der Waals surface area contributed by atoms with Crippen LogP contribution in [0.25, 0.3) is 0 Å². The van der Waals surface area contributed by atoms with Crippen LogP contribution in [0, 0.1) is 6.92 Å². The molecule has 0 fully saturated rings. The topological polar surface area (TPSA) is 89.6 Å². The molecule has 1 amide bonds. The van der Waals surface area contributed by atoms with Gasteiger partial charge >= 0.3 is 0 Å². The van der Waals surface area contributed by atoms with Crippen LogP contribution in [0.2, 0.25) is 0 Å². The van der Waals surface area contributed by atoms with Crippen molar-refractivity contribution in [2.45, 2.75) is 6.92 Å². The lowest BCUT2D eigenvalue weighted by atomic mass is 10.2. The second-order valence-corrected chi connectivity index (χ2v) is 5.41. The molecule has 0 saturated heterocycles. The van der Waals surface area contributed by atoms with Crippen LogP contribution < -0.4 is 11.1 Å². The highest BCUT2D eigenvalue weighted by molar-refractivity contribution is 9.10. The molecule has 0 unspecified atom stereocenters. The fraction of sp³-hybridized carbons (Fsp3) is 0.133. The number of aryl methyl sites for hydroxylation is 1. The molecule has 114 valence electrons. The molecule has 1 heterocycles. The molecule has 7 heteroatoms. The number of pyridine rings is 1. The van der Waals surface area contributed by atoms with Gasteiger partial charge in [0, 0.05) is 28.1 Å². The molecule has 0 bridgehead atoms. The normalized spacial score (nSPS) is 11.1. The number of amides is 1. The Morgan fingerprint density at radius 3 is 2.95 bits per heavy atom. The fourth-order valence-corrected chi connectivity index (χ4v) is 2.16. The molecule has 3 N–H and O–H groups in total. The number of rotatable bonds is 5. The maximum Gasteiger partial charge on any atom is 0.265 e. The molecule has 22 heavy (non-hydrogen) atoms. The number of aromatic nitrogens is 1. The van der Waals surface area contributed by atoms with E-state index in [1.165, 1.54) is 0 Å². The highest BCUT2D eigenvalue weighted by Gasteiger charge is 2.06. The van der Waals surface area contributed by atoms with Gasteiger partial charge in [-0.15, -0.1) is 0 Å². The van der Waals surface area contributed by atoms with Crippen LogP contribution in [0.3, 0.4) is 0 Å². The Bertz CT molecular complexity index is 689. The average molecular weight is 363 g/mol. The van der Waals surface area contributed by atoms with Gasteiger partial charge in [0.1, 0.15) is 0 Å². The number of oxime groups is 1. The van der Waals surface area contributed by atoms with Crippen LogP contribution in [0.1, 0.15) is 11.1 Å². The molecule has 0 spiro atoms. The molecule has 0 atom stereocenters. The van der Waals surface area contributed by atoms with Crippen LogP contribution in [-0.4, -0.2) is 23.3 Å². The number of carbonyl (C=O) groups is 1. The van der Waals surface area contributed by atoms with Crippen molar-refractivity contribution < 1.29 is 9.63 Å². The molecular formula is C15H15BrN4O2. The van der Waals surface area contributed by atoms with E-state index in [9.17, 15) is 4.79 Å². The summed E-state index contributed by atoms with van der Waals surface area (Å²) < 4.78 is 0.952. The third-order valence-corrected chi connectivity index (χ3v) is 3.27. The Morgan fingerprint density at radius 1 is 1.45 bits per heavy atom. The van der Waals surface area contributed by atoms with E-state index in [0.717, 1.165) is 15.7 Å². The van der Waals surface area contributed by atoms with Gasteiger partial charge in [-0.3, -0.25) is 9.78 Å². The van der Waals surface area contributed by atoms with Crippen molar-refractivity contribution in [3.63, 3.8) is 0 Å². The summed E-state index contributed by atoms with van der Waals surface area (Å²) in [7, 11) is 0. The van der Waals surface area contributed by atoms with Crippen molar-refractivity contribution >= 4 is 33.4 Å². The standard InChI is InChI=1S/C15H15BrN4O2/c1-10-7-12(16)4-5-13(10)19-14(21)9-22-20-15(17)11-3-2-6-18-8-11/h2-8H,9H2,1H3,(H2,17,20)(H,19,21). The number of anilines is 1. The van der Waals surface area contributed by atoms with E-state index in [1.807, 2.05) is 25.1 Å². The predicted molar refractivity (Wildman–Crippen MR) is 88.4 cm³/mol. The second kappa shape index (κ2) is 7.56. The first-order chi connectivity index (χ1) is 10.6. The van der Waals surface area contributed by atoms with Crippen LogP contribution >= 0.6 is 15.9 Å². The Balaban J connectivity index is 1.88. The number of hydrogen-bond acceptors (Lipinski definition) is 4. The quantitative estimate of drug-likeness (QED) is 0.485. The zero-order valence-electron chi connectivity index (χ0n) is 11.9. The minimum atomic E-state index is -0.312. The molecule has 1 aromatic carbocycles. The average Bonchev–Trinajstić information content (AvgIpc) is 2.51. The van der Waals surface area contributed by atoms with Crippen LogP contribution in [-0.2, 0) is 9.63 Å². The van der Waals surface area contributed by atoms with E-state index in [2.05, 4.69) is 31.4 Å². The smallest absolute Gasteiger partial charge is 0.265 e. The van der Waals surface area contributed by atoms with Gasteiger partial charge in [0.15, 0.2) is 12.4 Å². The highest BCUT2D eigenvalue weighted by atomic mass is 79.9. The Hall–Kier alpha value is -2.41. The number of nitrogens with two attached hydrogens (primary N) is 1. The van der Waals surface area contributed by atoms with E-state index >= 15 is 0 Å².